The average Bonchev–Trinajstić information content (AvgIpc) is 2.74. The third-order valence-electron chi connectivity index (χ3n) is 3.22. The van der Waals surface area contributed by atoms with Crippen molar-refractivity contribution in [2.75, 3.05) is 0 Å². The van der Waals surface area contributed by atoms with Gasteiger partial charge in [0.25, 0.3) is 5.56 Å². The van der Waals surface area contributed by atoms with Crippen molar-refractivity contribution in [2.24, 2.45) is 12.8 Å². The van der Waals surface area contributed by atoms with E-state index >= 15 is 0 Å². The van der Waals surface area contributed by atoms with Gasteiger partial charge in [-0.3, -0.25) is 14.0 Å². The maximum Gasteiger partial charge on any atom is 0.264 e. The molecule has 0 radical (unpaired) electrons. The van der Waals surface area contributed by atoms with Crippen molar-refractivity contribution in [1.29, 1.82) is 0 Å². The van der Waals surface area contributed by atoms with Gasteiger partial charge >= 0.3 is 0 Å². The van der Waals surface area contributed by atoms with Crippen LogP contribution in [0.2, 0.25) is 0 Å². The van der Waals surface area contributed by atoms with Gasteiger partial charge in [0.05, 0.1) is 12.5 Å². The van der Waals surface area contributed by atoms with Crippen molar-refractivity contribution >= 4 is 11.0 Å². The average molecular weight is 249 g/mol. The molecule has 18 heavy (non-hydrogen) atoms. The summed E-state index contributed by atoms with van der Waals surface area (Å²) in [6, 6.07) is 0.218. The highest BCUT2D eigenvalue weighted by Gasteiger charge is 2.08. The van der Waals surface area contributed by atoms with Crippen LogP contribution in [0.4, 0.5) is 0 Å². The van der Waals surface area contributed by atoms with E-state index in [0.717, 1.165) is 19.3 Å². The fourth-order valence-corrected chi connectivity index (χ4v) is 1.95. The van der Waals surface area contributed by atoms with E-state index in [4.69, 9.17) is 5.73 Å². The minimum absolute atomic E-state index is 0.0295. The molecule has 2 rings (SSSR count). The summed E-state index contributed by atoms with van der Waals surface area (Å²) in [5, 5.41) is 4.61. The first-order valence-corrected chi connectivity index (χ1v) is 6.26. The number of hydrogen-bond donors (Lipinski definition) is 1. The van der Waals surface area contributed by atoms with Crippen LogP contribution in [0.3, 0.4) is 0 Å². The van der Waals surface area contributed by atoms with Crippen LogP contribution in [0.1, 0.15) is 26.2 Å². The number of hydrogen-bond acceptors (Lipinski definition) is 4. The Morgan fingerprint density at radius 1 is 1.50 bits per heavy atom. The van der Waals surface area contributed by atoms with E-state index in [-0.39, 0.29) is 11.6 Å². The fourth-order valence-electron chi connectivity index (χ4n) is 1.95. The van der Waals surface area contributed by atoms with Gasteiger partial charge in [-0.05, 0) is 19.3 Å². The molecule has 2 aromatic heterocycles. The summed E-state index contributed by atoms with van der Waals surface area (Å²) >= 11 is 0. The zero-order chi connectivity index (χ0) is 13.1. The van der Waals surface area contributed by atoms with E-state index in [1.807, 2.05) is 0 Å². The van der Waals surface area contributed by atoms with Crippen LogP contribution in [0, 0.1) is 0 Å². The summed E-state index contributed by atoms with van der Waals surface area (Å²) in [6.07, 6.45) is 5.94. The molecule has 0 aliphatic carbocycles. The third kappa shape index (κ3) is 2.43. The van der Waals surface area contributed by atoms with Gasteiger partial charge in [-0.1, -0.05) is 6.92 Å². The summed E-state index contributed by atoms with van der Waals surface area (Å²) in [7, 11) is 1.78. The van der Waals surface area contributed by atoms with Crippen molar-refractivity contribution in [3.8, 4) is 0 Å². The lowest BCUT2D eigenvalue weighted by Gasteiger charge is -2.09. The molecule has 2 N–H and O–H groups in total. The quantitative estimate of drug-likeness (QED) is 0.843. The molecule has 2 aromatic rings. The normalized spacial score (nSPS) is 13.1. The molecule has 0 spiro atoms. The van der Waals surface area contributed by atoms with Gasteiger partial charge in [-0.25, -0.2) is 4.98 Å². The second kappa shape index (κ2) is 5.30. The van der Waals surface area contributed by atoms with E-state index < -0.39 is 0 Å². The van der Waals surface area contributed by atoms with E-state index in [0.29, 0.717) is 17.6 Å². The summed E-state index contributed by atoms with van der Waals surface area (Å²) in [5.41, 5.74) is 6.45. The number of aromatic nitrogens is 4. The van der Waals surface area contributed by atoms with Gasteiger partial charge in [0, 0.05) is 19.6 Å². The lowest BCUT2D eigenvalue weighted by atomic mass is 10.1. The molecule has 2 heterocycles. The molecule has 0 aromatic carbocycles. The van der Waals surface area contributed by atoms with Gasteiger partial charge in [-0.15, -0.1) is 0 Å². The summed E-state index contributed by atoms with van der Waals surface area (Å²) in [5.74, 6) is 0. The number of nitrogens with zero attached hydrogens (tertiary/aromatic N) is 4. The Morgan fingerprint density at radius 2 is 2.28 bits per heavy atom. The van der Waals surface area contributed by atoms with Crippen LogP contribution in [0.25, 0.3) is 11.0 Å². The molecule has 0 aliphatic heterocycles. The fraction of sp³-hybridized carbons (Fsp3) is 0.583. The van der Waals surface area contributed by atoms with Gasteiger partial charge in [0.1, 0.15) is 5.39 Å². The van der Waals surface area contributed by atoms with Crippen molar-refractivity contribution < 1.29 is 0 Å². The molecule has 0 aliphatic rings. The zero-order valence-corrected chi connectivity index (χ0v) is 10.8. The summed E-state index contributed by atoms with van der Waals surface area (Å²) in [6.45, 7) is 2.73. The van der Waals surface area contributed by atoms with Gasteiger partial charge in [0.15, 0.2) is 5.65 Å². The van der Waals surface area contributed by atoms with Crippen molar-refractivity contribution in [2.45, 2.75) is 38.8 Å². The molecule has 0 bridgehead atoms. The molecular weight excluding hydrogens is 230 g/mol. The molecule has 1 unspecified atom stereocenters. The summed E-state index contributed by atoms with van der Waals surface area (Å²) in [4.78, 5) is 16.4. The number of fused-ring (bicyclic) bond motifs is 1. The standard InChI is InChI=1S/C12H19N5O/c1-3-9(13)5-4-6-17-8-14-11-10(12(17)18)7-15-16(11)2/h7-9H,3-6,13H2,1-2H3. The number of rotatable bonds is 5. The molecule has 0 saturated heterocycles. The van der Waals surface area contributed by atoms with E-state index in [9.17, 15) is 4.79 Å². The van der Waals surface area contributed by atoms with Crippen LogP contribution >= 0.6 is 0 Å². The Kier molecular flexibility index (Phi) is 3.76. The van der Waals surface area contributed by atoms with Gasteiger partial charge < -0.3 is 5.73 Å². The smallest absolute Gasteiger partial charge is 0.264 e. The van der Waals surface area contributed by atoms with Crippen LogP contribution < -0.4 is 11.3 Å². The molecule has 0 fully saturated rings. The minimum Gasteiger partial charge on any atom is -0.328 e. The molecule has 0 amide bonds. The second-order valence-electron chi connectivity index (χ2n) is 4.56. The Labute approximate surface area is 105 Å². The van der Waals surface area contributed by atoms with Gasteiger partial charge in [-0.2, -0.15) is 5.10 Å². The number of aryl methyl sites for hydroxylation is 2. The zero-order valence-electron chi connectivity index (χ0n) is 10.8. The molecular formula is C12H19N5O. The maximum atomic E-state index is 12.1. The largest absolute Gasteiger partial charge is 0.328 e. The number of nitrogens with two attached hydrogens (primary N) is 1. The lowest BCUT2D eigenvalue weighted by Crippen LogP contribution is -2.23. The Hall–Kier alpha value is -1.69. The predicted molar refractivity (Wildman–Crippen MR) is 70.3 cm³/mol. The highest BCUT2D eigenvalue weighted by atomic mass is 16.1. The van der Waals surface area contributed by atoms with E-state index in [2.05, 4.69) is 17.0 Å². The molecule has 98 valence electrons. The second-order valence-corrected chi connectivity index (χ2v) is 4.56. The van der Waals surface area contributed by atoms with Crippen LogP contribution in [0.15, 0.2) is 17.3 Å². The van der Waals surface area contributed by atoms with Crippen molar-refractivity contribution in [1.82, 2.24) is 19.3 Å². The maximum absolute atomic E-state index is 12.1. The molecule has 6 nitrogen and oxygen atoms in total. The highest BCUT2D eigenvalue weighted by Crippen LogP contribution is 2.04. The van der Waals surface area contributed by atoms with E-state index in [1.165, 1.54) is 0 Å². The monoisotopic (exact) mass is 249 g/mol. The highest BCUT2D eigenvalue weighted by molar-refractivity contribution is 5.72. The van der Waals surface area contributed by atoms with Crippen molar-refractivity contribution in [3.63, 3.8) is 0 Å². The lowest BCUT2D eigenvalue weighted by molar-refractivity contribution is 0.517. The molecule has 6 heteroatoms. The Balaban J connectivity index is 2.15. The molecule has 0 saturated carbocycles. The van der Waals surface area contributed by atoms with Crippen LogP contribution in [0.5, 0.6) is 0 Å². The van der Waals surface area contributed by atoms with E-state index in [1.54, 1.807) is 28.8 Å². The minimum atomic E-state index is -0.0295. The molecule has 1 atom stereocenters. The first-order chi connectivity index (χ1) is 8.63. The van der Waals surface area contributed by atoms with Crippen LogP contribution in [-0.2, 0) is 13.6 Å². The topological polar surface area (TPSA) is 78.7 Å². The first-order valence-electron chi connectivity index (χ1n) is 6.26. The Bertz CT molecular complexity index is 586. The first kappa shape index (κ1) is 12.8. The summed E-state index contributed by atoms with van der Waals surface area (Å²) < 4.78 is 3.24. The van der Waals surface area contributed by atoms with Crippen molar-refractivity contribution in [3.05, 3.63) is 22.9 Å². The SMILES string of the molecule is CCC(N)CCCn1cnc2c(cnn2C)c1=O. The van der Waals surface area contributed by atoms with Gasteiger partial charge in [0.2, 0.25) is 0 Å². The van der Waals surface area contributed by atoms with Crippen LogP contribution in [-0.4, -0.2) is 25.4 Å². The Morgan fingerprint density at radius 3 is 3.00 bits per heavy atom. The third-order valence-corrected chi connectivity index (χ3v) is 3.22. The predicted octanol–water partition coefficient (Wildman–Crippen LogP) is 0.647.